The van der Waals surface area contributed by atoms with Crippen LogP contribution in [0.4, 0.5) is 0 Å². The first-order valence-electron chi connectivity index (χ1n) is 6.84. The molecule has 0 unspecified atom stereocenters. The molecule has 0 fully saturated rings. The number of H-pyrrole nitrogens is 3. The van der Waals surface area contributed by atoms with Crippen LogP contribution in [0.3, 0.4) is 0 Å². The summed E-state index contributed by atoms with van der Waals surface area (Å²) in [6.45, 7) is 0. The second-order valence-corrected chi connectivity index (χ2v) is 5.49. The highest BCUT2D eigenvalue weighted by Crippen LogP contribution is 2.30. The lowest BCUT2D eigenvalue weighted by molar-refractivity contribution is 1.06. The maximum Gasteiger partial charge on any atom is 0.327 e. The molecule has 0 bridgehead atoms. The van der Waals surface area contributed by atoms with E-state index in [-0.39, 0.29) is 22.1 Å². The smallest absolute Gasteiger partial charge is 0.312 e. The van der Waals surface area contributed by atoms with Gasteiger partial charge in [0.25, 0.3) is 11.1 Å². The average Bonchev–Trinajstić information content (AvgIpc) is 2.54. The van der Waals surface area contributed by atoms with E-state index < -0.39 is 16.8 Å². The van der Waals surface area contributed by atoms with Crippen LogP contribution >= 0.6 is 11.6 Å². The van der Waals surface area contributed by atoms with E-state index in [0.717, 1.165) is 0 Å². The summed E-state index contributed by atoms with van der Waals surface area (Å²) < 4.78 is 0. The zero-order chi connectivity index (χ0) is 16.8. The molecule has 0 radical (unpaired) electrons. The van der Waals surface area contributed by atoms with Crippen LogP contribution in [0.1, 0.15) is 0 Å². The van der Waals surface area contributed by atoms with E-state index in [9.17, 15) is 14.4 Å². The number of nitrogens with zero attached hydrogens (tertiary/aromatic N) is 2. The number of nitrogens with one attached hydrogen (secondary N) is 3. The number of aromatic nitrogens is 5. The Hall–Kier alpha value is -3.26. The first kappa shape index (κ1) is 14.3. The molecule has 0 aliphatic heterocycles. The van der Waals surface area contributed by atoms with E-state index in [1.165, 1.54) is 6.33 Å². The van der Waals surface area contributed by atoms with Crippen LogP contribution in [0.25, 0.3) is 33.2 Å². The number of rotatable bonds is 1. The molecule has 4 aromatic rings. The largest absolute Gasteiger partial charge is 0.327 e. The molecule has 0 saturated carbocycles. The number of halogens is 1. The van der Waals surface area contributed by atoms with Crippen molar-refractivity contribution in [3.8, 4) is 11.1 Å². The Morgan fingerprint density at radius 1 is 0.917 bits per heavy atom. The average molecular weight is 342 g/mol. The molecular weight excluding hydrogens is 334 g/mol. The Morgan fingerprint density at radius 2 is 1.67 bits per heavy atom. The number of benzene rings is 1. The number of aromatic amines is 3. The maximum absolute atomic E-state index is 12.3. The van der Waals surface area contributed by atoms with Gasteiger partial charge in [-0.1, -0.05) is 23.7 Å². The predicted octanol–water partition coefficient (Wildman–Crippen LogP) is 1.17. The number of fused-ring (bicyclic) bond motifs is 2. The summed E-state index contributed by atoms with van der Waals surface area (Å²) in [4.78, 5) is 51.5. The van der Waals surface area contributed by atoms with Crippen molar-refractivity contribution in [3.63, 3.8) is 0 Å². The fourth-order valence-electron chi connectivity index (χ4n) is 2.63. The topological polar surface area (TPSA) is 124 Å². The van der Waals surface area contributed by atoms with Crippen LogP contribution in [-0.4, -0.2) is 24.9 Å². The van der Waals surface area contributed by atoms with Crippen molar-refractivity contribution in [3.05, 3.63) is 66.8 Å². The Balaban J connectivity index is 2.34. The quantitative estimate of drug-likeness (QED) is 0.448. The van der Waals surface area contributed by atoms with Crippen LogP contribution < -0.4 is 16.8 Å². The maximum atomic E-state index is 12.3. The Labute approximate surface area is 137 Å². The van der Waals surface area contributed by atoms with E-state index in [0.29, 0.717) is 16.1 Å². The van der Waals surface area contributed by atoms with E-state index in [2.05, 4.69) is 24.9 Å². The van der Waals surface area contributed by atoms with Crippen molar-refractivity contribution in [2.24, 2.45) is 0 Å². The van der Waals surface area contributed by atoms with Crippen LogP contribution in [-0.2, 0) is 0 Å². The van der Waals surface area contributed by atoms with Crippen molar-refractivity contribution in [2.45, 2.75) is 0 Å². The molecule has 3 aromatic heterocycles. The van der Waals surface area contributed by atoms with Crippen LogP contribution in [0, 0.1) is 0 Å². The van der Waals surface area contributed by atoms with Gasteiger partial charge in [-0.25, -0.2) is 14.8 Å². The van der Waals surface area contributed by atoms with Gasteiger partial charge in [0.05, 0.1) is 17.1 Å². The second-order valence-electron chi connectivity index (χ2n) is 5.06. The molecule has 8 nitrogen and oxygen atoms in total. The monoisotopic (exact) mass is 341 g/mol. The van der Waals surface area contributed by atoms with E-state index in [1.807, 2.05) is 0 Å². The first-order chi connectivity index (χ1) is 11.5. The minimum atomic E-state index is -0.689. The van der Waals surface area contributed by atoms with Gasteiger partial charge in [-0.05, 0) is 17.7 Å². The lowest BCUT2D eigenvalue weighted by Gasteiger charge is -2.09. The fraction of sp³-hybridized carbons (Fsp3) is 0. The molecule has 24 heavy (non-hydrogen) atoms. The van der Waals surface area contributed by atoms with Crippen LogP contribution in [0.2, 0.25) is 5.02 Å². The van der Waals surface area contributed by atoms with Gasteiger partial charge >= 0.3 is 5.69 Å². The Kier molecular flexibility index (Phi) is 3.07. The third-order valence-corrected chi connectivity index (χ3v) is 3.86. The molecule has 0 atom stereocenters. The Morgan fingerprint density at radius 3 is 2.42 bits per heavy atom. The number of pyridine rings is 1. The predicted molar refractivity (Wildman–Crippen MR) is 89.4 cm³/mol. The fourth-order valence-corrected chi connectivity index (χ4v) is 2.75. The van der Waals surface area contributed by atoms with Gasteiger partial charge in [0.2, 0.25) is 0 Å². The van der Waals surface area contributed by atoms with Crippen molar-refractivity contribution in [1.82, 2.24) is 24.9 Å². The van der Waals surface area contributed by atoms with Gasteiger partial charge in [0.15, 0.2) is 5.65 Å². The summed E-state index contributed by atoms with van der Waals surface area (Å²) >= 11 is 5.91. The first-order valence-corrected chi connectivity index (χ1v) is 7.22. The normalized spacial score (nSPS) is 11.2. The second kappa shape index (κ2) is 5.14. The molecule has 0 spiro atoms. The molecule has 0 aliphatic carbocycles. The number of hydrogen-bond donors (Lipinski definition) is 3. The highest BCUT2D eigenvalue weighted by Gasteiger charge is 2.18. The highest BCUT2D eigenvalue weighted by atomic mass is 35.5. The van der Waals surface area contributed by atoms with Crippen molar-refractivity contribution in [1.29, 1.82) is 0 Å². The SMILES string of the molecule is O=c1[nH]c(=O)c2c(-c3ccc(Cl)cc3)c3c(=O)[nH]cnc3nc2[nH]1. The summed E-state index contributed by atoms with van der Waals surface area (Å²) in [5, 5.41) is 0.767. The van der Waals surface area contributed by atoms with Gasteiger partial charge in [0, 0.05) is 10.6 Å². The van der Waals surface area contributed by atoms with Gasteiger partial charge in [-0.15, -0.1) is 0 Å². The van der Waals surface area contributed by atoms with Crippen LogP contribution in [0.5, 0.6) is 0 Å². The molecule has 0 saturated heterocycles. The molecule has 118 valence electrons. The minimum absolute atomic E-state index is 0.0549. The molecule has 0 aliphatic rings. The lowest BCUT2D eigenvalue weighted by atomic mass is 10.00. The zero-order valence-corrected chi connectivity index (χ0v) is 12.6. The molecule has 3 N–H and O–H groups in total. The summed E-state index contributed by atoms with van der Waals surface area (Å²) in [6, 6.07) is 6.62. The van der Waals surface area contributed by atoms with Gasteiger partial charge < -0.3 is 4.98 Å². The Bertz CT molecular complexity index is 1270. The van der Waals surface area contributed by atoms with Crippen molar-refractivity contribution in [2.75, 3.05) is 0 Å². The highest BCUT2D eigenvalue weighted by molar-refractivity contribution is 6.30. The molecule has 1 aromatic carbocycles. The van der Waals surface area contributed by atoms with Gasteiger partial charge in [0.1, 0.15) is 5.65 Å². The number of hydrogen-bond acceptors (Lipinski definition) is 5. The van der Waals surface area contributed by atoms with Crippen molar-refractivity contribution >= 4 is 33.7 Å². The molecular formula is C15H8ClN5O3. The third-order valence-electron chi connectivity index (χ3n) is 3.61. The summed E-state index contributed by atoms with van der Waals surface area (Å²) in [6.07, 6.45) is 1.21. The van der Waals surface area contributed by atoms with E-state index in [1.54, 1.807) is 24.3 Å². The summed E-state index contributed by atoms with van der Waals surface area (Å²) in [5.41, 5.74) is -0.685. The lowest BCUT2D eigenvalue weighted by Crippen LogP contribution is -2.24. The van der Waals surface area contributed by atoms with Crippen LogP contribution in [0.15, 0.2) is 45.0 Å². The third kappa shape index (κ3) is 2.12. The minimum Gasteiger partial charge on any atom is -0.312 e. The van der Waals surface area contributed by atoms with Gasteiger partial charge in [-0.2, -0.15) is 0 Å². The molecule has 9 heteroatoms. The van der Waals surface area contributed by atoms with Crippen molar-refractivity contribution < 1.29 is 0 Å². The summed E-state index contributed by atoms with van der Waals surface area (Å²) in [5.74, 6) is 0. The molecule has 4 rings (SSSR count). The molecule has 3 heterocycles. The van der Waals surface area contributed by atoms with E-state index >= 15 is 0 Å². The van der Waals surface area contributed by atoms with Gasteiger partial charge in [-0.3, -0.25) is 19.6 Å². The van der Waals surface area contributed by atoms with E-state index in [4.69, 9.17) is 11.6 Å². The molecule has 0 amide bonds. The zero-order valence-electron chi connectivity index (χ0n) is 11.9. The summed E-state index contributed by atoms with van der Waals surface area (Å²) in [7, 11) is 0. The standard InChI is InChI=1S/C15H8ClN5O3/c16-7-3-1-6(2-4-7)8-9-11(17-5-18-13(9)22)19-12-10(8)14(23)21-15(24)20-12/h1-5H,(H3,17,18,19,20,21,22,23,24).